The Kier molecular flexibility index (Phi) is 8.00. The molecule has 3 aliphatic rings. The summed E-state index contributed by atoms with van der Waals surface area (Å²) in [7, 11) is 0. The molecule has 0 heteroatoms. The van der Waals surface area contributed by atoms with E-state index in [9.17, 15) is 0 Å². The Balaban J connectivity index is 1.60. The first-order chi connectivity index (χ1) is 13.4. The Morgan fingerprint density at radius 3 is 2.36 bits per heavy atom. The van der Waals surface area contributed by atoms with E-state index in [0.717, 1.165) is 29.6 Å². The van der Waals surface area contributed by atoms with Gasteiger partial charge in [0.05, 0.1) is 0 Å². The Morgan fingerprint density at radius 1 is 0.786 bits per heavy atom. The lowest BCUT2D eigenvalue weighted by Crippen LogP contribution is -2.43. The molecule has 28 heavy (non-hydrogen) atoms. The highest BCUT2D eigenvalue weighted by Crippen LogP contribution is 2.59. The fourth-order valence-electron chi connectivity index (χ4n) is 8.14. The summed E-state index contributed by atoms with van der Waals surface area (Å²) in [5.74, 6) is 5.09. The molecule has 0 amide bonds. The maximum absolute atomic E-state index is 2.73. The zero-order chi connectivity index (χ0) is 20.2. The van der Waals surface area contributed by atoms with E-state index in [1.165, 1.54) is 83.5 Å². The highest BCUT2D eigenvalue weighted by atomic mass is 14.5. The molecule has 0 aromatic rings. The number of rotatable bonds is 9. The van der Waals surface area contributed by atoms with Crippen LogP contribution in [0.15, 0.2) is 0 Å². The number of fused-ring (bicyclic) bond motifs is 1. The molecule has 164 valence electrons. The van der Waals surface area contributed by atoms with Crippen molar-refractivity contribution in [2.45, 2.75) is 137 Å². The summed E-state index contributed by atoms with van der Waals surface area (Å²) >= 11 is 0. The zero-order valence-corrected chi connectivity index (χ0v) is 20.2. The van der Waals surface area contributed by atoms with Crippen molar-refractivity contribution < 1.29 is 0 Å². The fourth-order valence-corrected chi connectivity index (χ4v) is 8.14. The molecule has 7 atom stereocenters. The molecule has 7 unspecified atom stereocenters. The molecule has 3 rings (SSSR count). The van der Waals surface area contributed by atoms with Crippen LogP contribution in [0, 0.1) is 40.4 Å². The second kappa shape index (κ2) is 9.87. The van der Waals surface area contributed by atoms with Crippen LogP contribution >= 0.6 is 0 Å². The van der Waals surface area contributed by atoms with Gasteiger partial charge in [0.15, 0.2) is 0 Å². The average molecular weight is 389 g/mol. The minimum Gasteiger partial charge on any atom is -0.0654 e. The molecular weight excluding hydrogens is 336 g/mol. The summed E-state index contributed by atoms with van der Waals surface area (Å²) < 4.78 is 0. The van der Waals surface area contributed by atoms with Crippen molar-refractivity contribution in [2.24, 2.45) is 40.4 Å². The molecule has 0 nitrogen and oxygen atoms in total. The van der Waals surface area contributed by atoms with Crippen molar-refractivity contribution >= 4 is 0 Å². The third-order valence-corrected chi connectivity index (χ3v) is 10.6. The van der Waals surface area contributed by atoms with Crippen molar-refractivity contribution in [1.82, 2.24) is 0 Å². The maximum atomic E-state index is 2.73. The largest absolute Gasteiger partial charge is 0.0654 e. The Bertz CT molecular complexity index is 467. The molecular formula is C28H52. The van der Waals surface area contributed by atoms with E-state index in [1.54, 1.807) is 19.3 Å². The van der Waals surface area contributed by atoms with Crippen LogP contribution in [0.2, 0.25) is 0 Å². The summed E-state index contributed by atoms with van der Waals surface area (Å²) in [4.78, 5) is 0. The lowest BCUT2D eigenvalue weighted by atomic mass is 9.52. The standard InChI is InChI=1S/C28H52/c1-6-8-9-12-24-16-15-22(3)27(24,4)20-18-25-13-10-14-26-21-23(11-7-2)17-19-28(25,26)5/h22-26H,6-21H2,1-5H3. The smallest absolute Gasteiger partial charge is 0.0269 e. The predicted octanol–water partition coefficient (Wildman–Crippen LogP) is 9.42. The molecule has 0 N–H and O–H groups in total. The van der Waals surface area contributed by atoms with Crippen molar-refractivity contribution in [3.05, 3.63) is 0 Å². The maximum Gasteiger partial charge on any atom is -0.0269 e. The zero-order valence-electron chi connectivity index (χ0n) is 20.2. The molecule has 3 saturated carbocycles. The predicted molar refractivity (Wildman–Crippen MR) is 125 cm³/mol. The molecule has 0 spiro atoms. The van der Waals surface area contributed by atoms with Gasteiger partial charge in [-0.1, -0.05) is 73.1 Å². The van der Waals surface area contributed by atoms with Gasteiger partial charge in [-0.15, -0.1) is 0 Å². The summed E-state index contributed by atoms with van der Waals surface area (Å²) in [6.07, 6.45) is 24.0. The van der Waals surface area contributed by atoms with Gasteiger partial charge in [0, 0.05) is 0 Å². The molecule has 0 heterocycles. The normalized spacial score (nSPS) is 43.8. The first-order valence-electron chi connectivity index (χ1n) is 13.4. The summed E-state index contributed by atoms with van der Waals surface area (Å²) in [6.45, 7) is 12.7. The minimum atomic E-state index is 0.635. The van der Waals surface area contributed by atoms with Crippen molar-refractivity contribution in [1.29, 1.82) is 0 Å². The second-order valence-electron chi connectivity index (χ2n) is 12.0. The van der Waals surface area contributed by atoms with Crippen LogP contribution in [-0.2, 0) is 0 Å². The van der Waals surface area contributed by atoms with Crippen LogP contribution < -0.4 is 0 Å². The van der Waals surface area contributed by atoms with Crippen molar-refractivity contribution in [2.75, 3.05) is 0 Å². The van der Waals surface area contributed by atoms with E-state index in [0.29, 0.717) is 10.8 Å². The van der Waals surface area contributed by atoms with E-state index >= 15 is 0 Å². The number of unbranched alkanes of at least 4 members (excludes halogenated alkanes) is 2. The Hall–Kier alpha value is 0. The summed E-state index contributed by atoms with van der Waals surface area (Å²) in [6, 6.07) is 0. The number of hydrogen-bond acceptors (Lipinski definition) is 0. The first-order valence-corrected chi connectivity index (χ1v) is 13.4. The van der Waals surface area contributed by atoms with Gasteiger partial charge < -0.3 is 0 Å². The number of hydrogen-bond donors (Lipinski definition) is 0. The first kappa shape index (κ1) is 22.7. The van der Waals surface area contributed by atoms with Gasteiger partial charge in [0.25, 0.3) is 0 Å². The molecule has 0 aromatic carbocycles. The topological polar surface area (TPSA) is 0 Å². The summed E-state index contributed by atoms with van der Waals surface area (Å²) in [5.41, 5.74) is 1.31. The van der Waals surface area contributed by atoms with Gasteiger partial charge in [-0.2, -0.15) is 0 Å². The third-order valence-electron chi connectivity index (χ3n) is 10.6. The van der Waals surface area contributed by atoms with Crippen molar-refractivity contribution in [3.8, 4) is 0 Å². The fraction of sp³-hybridized carbons (Fsp3) is 1.00. The quantitative estimate of drug-likeness (QED) is 0.345. The van der Waals surface area contributed by atoms with E-state index in [1.807, 2.05) is 0 Å². The Labute approximate surface area is 178 Å². The van der Waals surface area contributed by atoms with Crippen LogP contribution in [0.4, 0.5) is 0 Å². The molecule has 0 aliphatic heterocycles. The van der Waals surface area contributed by atoms with Gasteiger partial charge in [-0.25, -0.2) is 0 Å². The van der Waals surface area contributed by atoms with Crippen LogP contribution in [0.25, 0.3) is 0 Å². The highest BCUT2D eigenvalue weighted by molar-refractivity contribution is 4.99. The molecule has 3 aliphatic carbocycles. The van der Waals surface area contributed by atoms with E-state index < -0.39 is 0 Å². The third kappa shape index (κ3) is 4.67. The monoisotopic (exact) mass is 388 g/mol. The average Bonchev–Trinajstić information content (AvgIpc) is 2.96. The molecule has 0 saturated heterocycles. The lowest BCUT2D eigenvalue weighted by Gasteiger charge is -2.53. The molecule has 0 aromatic heterocycles. The SMILES string of the molecule is CCCCCC1CCC(C)C1(C)CCC1CCCC2CC(CCC)CCC12C. The van der Waals surface area contributed by atoms with E-state index in [-0.39, 0.29) is 0 Å². The molecule has 3 fully saturated rings. The van der Waals surface area contributed by atoms with Crippen LogP contribution in [0.1, 0.15) is 137 Å². The van der Waals surface area contributed by atoms with Gasteiger partial charge in [-0.05, 0) is 105 Å². The van der Waals surface area contributed by atoms with Gasteiger partial charge in [0.2, 0.25) is 0 Å². The van der Waals surface area contributed by atoms with Gasteiger partial charge in [0.1, 0.15) is 0 Å². The van der Waals surface area contributed by atoms with Crippen LogP contribution in [0.3, 0.4) is 0 Å². The van der Waals surface area contributed by atoms with Crippen molar-refractivity contribution in [3.63, 3.8) is 0 Å². The lowest BCUT2D eigenvalue weighted by molar-refractivity contribution is -0.0310. The second-order valence-corrected chi connectivity index (χ2v) is 12.0. The van der Waals surface area contributed by atoms with Crippen LogP contribution in [-0.4, -0.2) is 0 Å². The van der Waals surface area contributed by atoms with Crippen LogP contribution in [0.5, 0.6) is 0 Å². The summed E-state index contributed by atoms with van der Waals surface area (Å²) in [5, 5.41) is 0. The minimum absolute atomic E-state index is 0.635. The van der Waals surface area contributed by atoms with E-state index in [2.05, 4.69) is 34.6 Å². The van der Waals surface area contributed by atoms with Gasteiger partial charge in [-0.3, -0.25) is 0 Å². The molecule has 0 radical (unpaired) electrons. The Morgan fingerprint density at radius 2 is 1.61 bits per heavy atom. The highest BCUT2D eigenvalue weighted by Gasteiger charge is 2.49. The molecule has 0 bridgehead atoms. The van der Waals surface area contributed by atoms with Gasteiger partial charge >= 0.3 is 0 Å². The van der Waals surface area contributed by atoms with E-state index in [4.69, 9.17) is 0 Å².